The number of rotatable bonds is 5. The summed E-state index contributed by atoms with van der Waals surface area (Å²) in [7, 11) is 1.65. The molecular formula is C12H19NO2. The predicted octanol–water partition coefficient (Wildman–Crippen LogP) is 1.19. The minimum absolute atomic E-state index is 0.0849. The molecule has 1 aromatic rings. The molecule has 3 heteroatoms. The highest BCUT2D eigenvalue weighted by molar-refractivity contribution is 5.34. The Balaban J connectivity index is 2.87. The van der Waals surface area contributed by atoms with Gasteiger partial charge in [0.25, 0.3) is 0 Å². The Morgan fingerprint density at radius 1 is 1.40 bits per heavy atom. The van der Waals surface area contributed by atoms with Crippen molar-refractivity contribution in [3.05, 3.63) is 29.8 Å². The van der Waals surface area contributed by atoms with Crippen LogP contribution in [0.1, 0.15) is 12.5 Å². The molecule has 15 heavy (non-hydrogen) atoms. The number of aliphatic hydroxyl groups is 1. The van der Waals surface area contributed by atoms with Crippen molar-refractivity contribution in [1.82, 2.24) is 0 Å². The maximum absolute atomic E-state index is 9.29. The van der Waals surface area contributed by atoms with Crippen molar-refractivity contribution in [1.29, 1.82) is 0 Å². The molecule has 0 aliphatic heterocycles. The lowest BCUT2D eigenvalue weighted by atomic mass is 9.84. The minimum atomic E-state index is -0.269. The Hall–Kier alpha value is -1.06. The molecular weight excluding hydrogens is 190 g/mol. The number of methoxy groups -OCH3 is 1. The second-order valence-electron chi connectivity index (χ2n) is 4.16. The first-order valence-corrected chi connectivity index (χ1v) is 5.08. The third kappa shape index (κ3) is 2.94. The van der Waals surface area contributed by atoms with Crippen LogP contribution in [0.4, 0.5) is 0 Å². The van der Waals surface area contributed by atoms with Gasteiger partial charge >= 0.3 is 0 Å². The Kier molecular flexibility index (Phi) is 4.12. The molecule has 0 aromatic heterocycles. The Labute approximate surface area is 90.9 Å². The molecule has 0 heterocycles. The molecule has 3 nitrogen and oxygen atoms in total. The zero-order valence-electron chi connectivity index (χ0n) is 9.36. The maximum Gasteiger partial charge on any atom is 0.122 e. The van der Waals surface area contributed by atoms with Crippen LogP contribution < -0.4 is 10.5 Å². The van der Waals surface area contributed by atoms with Gasteiger partial charge in [-0.25, -0.2) is 0 Å². The molecule has 1 rings (SSSR count). The maximum atomic E-state index is 9.29. The van der Waals surface area contributed by atoms with Gasteiger partial charge in [0, 0.05) is 18.6 Å². The standard InChI is InChI=1S/C12H19NO2/c1-12(8-13,9-14)7-10-5-3-4-6-11(10)15-2/h3-6,14H,7-9,13H2,1-2H3. The molecule has 3 N–H and O–H groups in total. The minimum Gasteiger partial charge on any atom is -0.496 e. The van der Waals surface area contributed by atoms with Crippen molar-refractivity contribution in [2.75, 3.05) is 20.3 Å². The van der Waals surface area contributed by atoms with E-state index in [9.17, 15) is 5.11 Å². The average Bonchev–Trinajstić information content (AvgIpc) is 2.29. The van der Waals surface area contributed by atoms with Crippen LogP contribution in [0, 0.1) is 5.41 Å². The van der Waals surface area contributed by atoms with Crippen molar-refractivity contribution >= 4 is 0 Å². The fraction of sp³-hybridized carbons (Fsp3) is 0.500. The van der Waals surface area contributed by atoms with Crippen molar-refractivity contribution in [2.45, 2.75) is 13.3 Å². The average molecular weight is 209 g/mol. The van der Waals surface area contributed by atoms with E-state index in [-0.39, 0.29) is 12.0 Å². The molecule has 0 radical (unpaired) electrons. The number of ether oxygens (including phenoxy) is 1. The fourth-order valence-corrected chi connectivity index (χ4v) is 1.50. The highest BCUT2D eigenvalue weighted by Gasteiger charge is 2.23. The van der Waals surface area contributed by atoms with Gasteiger partial charge in [-0.2, -0.15) is 0 Å². The Bertz CT molecular complexity index is 308. The summed E-state index contributed by atoms with van der Waals surface area (Å²) in [6.07, 6.45) is 0.726. The van der Waals surface area contributed by atoms with Gasteiger partial charge in [0.1, 0.15) is 5.75 Å². The van der Waals surface area contributed by atoms with Crippen LogP contribution in [0.15, 0.2) is 24.3 Å². The molecule has 0 fully saturated rings. The van der Waals surface area contributed by atoms with Crippen LogP contribution in [0.2, 0.25) is 0 Å². The zero-order chi connectivity index (χ0) is 11.3. The van der Waals surface area contributed by atoms with Gasteiger partial charge in [-0.05, 0) is 18.1 Å². The van der Waals surface area contributed by atoms with Gasteiger partial charge in [0.15, 0.2) is 0 Å². The van der Waals surface area contributed by atoms with E-state index in [1.807, 2.05) is 31.2 Å². The smallest absolute Gasteiger partial charge is 0.122 e. The first-order valence-electron chi connectivity index (χ1n) is 5.08. The van der Waals surface area contributed by atoms with Crippen LogP contribution in [0.5, 0.6) is 5.75 Å². The number of aliphatic hydroxyl groups excluding tert-OH is 1. The molecule has 0 bridgehead atoms. The quantitative estimate of drug-likeness (QED) is 0.766. The van der Waals surface area contributed by atoms with Crippen LogP contribution in [-0.4, -0.2) is 25.4 Å². The molecule has 0 aliphatic carbocycles. The van der Waals surface area contributed by atoms with Gasteiger partial charge in [-0.15, -0.1) is 0 Å². The summed E-state index contributed by atoms with van der Waals surface area (Å²) in [5, 5.41) is 9.29. The summed E-state index contributed by atoms with van der Waals surface area (Å²) in [4.78, 5) is 0. The molecule has 1 aromatic carbocycles. The molecule has 0 aliphatic rings. The van der Waals surface area contributed by atoms with E-state index in [1.54, 1.807) is 7.11 Å². The third-order valence-electron chi connectivity index (χ3n) is 2.68. The van der Waals surface area contributed by atoms with E-state index in [1.165, 1.54) is 0 Å². The number of benzene rings is 1. The molecule has 1 atom stereocenters. The van der Waals surface area contributed by atoms with Crippen molar-refractivity contribution in [3.63, 3.8) is 0 Å². The summed E-state index contributed by atoms with van der Waals surface area (Å²) >= 11 is 0. The van der Waals surface area contributed by atoms with Gasteiger partial charge in [-0.3, -0.25) is 0 Å². The number of para-hydroxylation sites is 1. The zero-order valence-corrected chi connectivity index (χ0v) is 9.36. The second-order valence-corrected chi connectivity index (χ2v) is 4.16. The lowest BCUT2D eigenvalue weighted by Crippen LogP contribution is -2.33. The third-order valence-corrected chi connectivity index (χ3v) is 2.68. The summed E-state index contributed by atoms with van der Waals surface area (Å²) in [5.41, 5.74) is 6.47. The molecule has 1 unspecified atom stereocenters. The molecule has 84 valence electrons. The summed E-state index contributed by atoms with van der Waals surface area (Å²) in [5.74, 6) is 0.852. The van der Waals surface area contributed by atoms with Crippen LogP contribution >= 0.6 is 0 Å². The Morgan fingerprint density at radius 3 is 2.60 bits per heavy atom. The van der Waals surface area contributed by atoms with E-state index in [0.29, 0.717) is 6.54 Å². The van der Waals surface area contributed by atoms with E-state index in [2.05, 4.69) is 0 Å². The number of hydrogen-bond acceptors (Lipinski definition) is 3. The summed E-state index contributed by atoms with van der Waals surface area (Å²) < 4.78 is 5.26. The van der Waals surface area contributed by atoms with Crippen LogP contribution in [0.25, 0.3) is 0 Å². The lowest BCUT2D eigenvalue weighted by Gasteiger charge is -2.26. The number of nitrogens with two attached hydrogens (primary N) is 1. The first-order chi connectivity index (χ1) is 7.15. The first kappa shape index (κ1) is 12.0. The van der Waals surface area contributed by atoms with Crippen LogP contribution in [-0.2, 0) is 6.42 Å². The lowest BCUT2D eigenvalue weighted by molar-refractivity contribution is 0.148. The van der Waals surface area contributed by atoms with E-state index >= 15 is 0 Å². The summed E-state index contributed by atoms with van der Waals surface area (Å²) in [6.45, 7) is 2.52. The predicted molar refractivity (Wildman–Crippen MR) is 60.9 cm³/mol. The topological polar surface area (TPSA) is 55.5 Å². The number of hydrogen-bond donors (Lipinski definition) is 2. The molecule has 0 saturated carbocycles. The van der Waals surface area contributed by atoms with Crippen molar-refractivity contribution in [3.8, 4) is 5.75 Å². The van der Waals surface area contributed by atoms with Crippen molar-refractivity contribution < 1.29 is 9.84 Å². The largest absolute Gasteiger partial charge is 0.496 e. The Morgan fingerprint density at radius 2 is 2.07 bits per heavy atom. The summed E-state index contributed by atoms with van der Waals surface area (Å²) in [6, 6.07) is 7.82. The van der Waals surface area contributed by atoms with Gasteiger partial charge < -0.3 is 15.6 Å². The van der Waals surface area contributed by atoms with E-state index in [4.69, 9.17) is 10.5 Å². The highest BCUT2D eigenvalue weighted by atomic mass is 16.5. The van der Waals surface area contributed by atoms with E-state index < -0.39 is 0 Å². The fourth-order valence-electron chi connectivity index (χ4n) is 1.50. The molecule has 0 saturated heterocycles. The van der Waals surface area contributed by atoms with Crippen LogP contribution in [0.3, 0.4) is 0 Å². The van der Waals surface area contributed by atoms with E-state index in [0.717, 1.165) is 17.7 Å². The normalized spacial score (nSPS) is 14.7. The van der Waals surface area contributed by atoms with Gasteiger partial charge in [0.05, 0.1) is 7.11 Å². The van der Waals surface area contributed by atoms with Gasteiger partial charge in [-0.1, -0.05) is 25.1 Å². The SMILES string of the molecule is COc1ccccc1CC(C)(CN)CO. The van der Waals surface area contributed by atoms with Gasteiger partial charge in [0.2, 0.25) is 0 Å². The highest BCUT2D eigenvalue weighted by Crippen LogP contribution is 2.26. The molecule has 0 amide bonds. The second kappa shape index (κ2) is 5.14. The van der Waals surface area contributed by atoms with Crippen molar-refractivity contribution in [2.24, 2.45) is 11.1 Å². The molecule has 0 spiro atoms. The monoisotopic (exact) mass is 209 g/mol.